The summed E-state index contributed by atoms with van der Waals surface area (Å²) in [5.74, 6) is -5.14. The number of ketones is 2. The van der Waals surface area contributed by atoms with Gasteiger partial charge in [0.05, 0.1) is 5.56 Å². The summed E-state index contributed by atoms with van der Waals surface area (Å²) in [6, 6.07) is 6.51. The normalized spacial score (nSPS) is 13.2. The molecule has 2 aromatic carbocycles. The summed E-state index contributed by atoms with van der Waals surface area (Å²) in [6.07, 6.45) is 0. The van der Waals surface area contributed by atoms with E-state index in [4.69, 9.17) is 5.11 Å². The van der Waals surface area contributed by atoms with Gasteiger partial charge < -0.3 is 15.3 Å². The van der Waals surface area contributed by atoms with Gasteiger partial charge in [0.2, 0.25) is 10.0 Å². The van der Waals surface area contributed by atoms with Crippen LogP contribution in [-0.2, 0) is 14.8 Å². The number of aliphatic carboxylic acids is 1. The third-order valence-electron chi connectivity index (χ3n) is 3.83. The number of phenols is 2. The molecule has 0 aliphatic heterocycles. The maximum Gasteiger partial charge on any atom is 0.318 e. The minimum absolute atomic E-state index is 0.0132. The van der Waals surface area contributed by atoms with E-state index in [9.17, 15) is 33.0 Å². The SMILES string of the molecule is O=C(O)CNS(=O)(=O)c1cc2c(c(O)c1O)C(=O)c1ccccc1C2=O. The molecule has 0 atom stereocenters. The van der Waals surface area contributed by atoms with Crippen LogP contribution >= 0.6 is 0 Å². The molecule has 0 aromatic heterocycles. The van der Waals surface area contributed by atoms with Crippen LogP contribution in [0.5, 0.6) is 11.5 Å². The molecule has 0 spiro atoms. The summed E-state index contributed by atoms with van der Waals surface area (Å²) in [7, 11) is -4.56. The van der Waals surface area contributed by atoms with Gasteiger partial charge in [0, 0.05) is 16.7 Å². The molecule has 26 heavy (non-hydrogen) atoms. The van der Waals surface area contributed by atoms with Gasteiger partial charge in [0.1, 0.15) is 11.4 Å². The summed E-state index contributed by atoms with van der Waals surface area (Å²) < 4.78 is 26.1. The number of benzene rings is 2. The van der Waals surface area contributed by atoms with Gasteiger partial charge in [0.25, 0.3) is 0 Å². The number of carbonyl (C=O) groups is 3. The molecule has 0 bridgehead atoms. The van der Waals surface area contributed by atoms with Crippen LogP contribution in [0, 0.1) is 0 Å². The molecule has 9 nitrogen and oxygen atoms in total. The van der Waals surface area contributed by atoms with Crippen LogP contribution in [0.3, 0.4) is 0 Å². The van der Waals surface area contributed by atoms with E-state index in [1.165, 1.54) is 24.3 Å². The maximum absolute atomic E-state index is 12.6. The standard InChI is InChI=1S/C16H11NO8S/c18-11(19)6-17-26(24,25)10-5-9-12(16(23)15(10)22)14(21)8-4-2-1-3-7(8)13(9)20/h1-5,17,22-23H,6H2,(H,18,19). The van der Waals surface area contributed by atoms with Gasteiger partial charge in [-0.2, -0.15) is 4.72 Å². The van der Waals surface area contributed by atoms with Gasteiger partial charge in [0.15, 0.2) is 23.1 Å². The second-order valence-electron chi connectivity index (χ2n) is 5.42. The highest BCUT2D eigenvalue weighted by Crippen LogP contribution is 2.42. The van der Waals surface area contributed by atoms with E-state index >= 15 is 0 Å². The minimum atomic E-state index is -4.56. The average Bonchev–Trinajstić information content (AvgIpc) is 2.60. The smallest absolute Gasteiger partial charge is 0.318 e. The predicted molar refractivity (Wildman–Crippen MR) is 85.9 cm³/mol. The number of carbonyl (C=O) groups excluding carboxylic acids is 2. The molecule has 10 heteroatoms. The highest BCUT2D eigenvalue weighted by atomic mass is 32.2. The Kier molecular flexibility index (Phi) is 4.01. The van der Waals surface area contributed by atoms with Crippen molar-refractivity contribution in [2.75, 3.05) is 6.54 Å². The van der Waals surface area contributed by atoms with Crippen LogP contribution in [0.4, 0.5) is 0 Å². The second-order valence-corrected chi connectivity index (χ2v) is 7.15. The Hall–Kier alpha value is -3.24. The molecule has 3 rings (SSSR count). The molecule has 134 valence electrons. The van der Waals surface area contributed by atoms with Gasteiger partial charge in [-0.15, -0.1) is 0 Å². The number of nitrogens with one attached hydrogen (secondary N) is 1. The number of phenolic OH excluding ortho intramolecular Hbond substituents is 2. The lowest BCUT2D eigenvalue weighted by Gasteiger charge is -2.20. The molecule has 0 unspecified atom stereocenters. The quantitative estimate of drug-likeness (QED) is 0.471. The molecule has 0 heterocycles. The fraction of sp³-hybridized carbons (Fsp3) is 0.0625. The minimum Gasteiger partial charge on any atom is -0.504 e. The Labute approximate surface area is 146 Å². The van der Waals surface area contributed by atoms with Gasteiger partial charge >= 0.3 is 5.97 Å². The molecule has 2 aromatic rings. The summed E-state index contributed by atoms with van der Waals surface area (Å²) in [5.41, 5.74) is -0.876. The molecule has 1 aliphatic rings. The summed E-state index contributed by atoms with van der Waals surface area (Å²) in [4.78, 5) is 34.8. The van der Waals surface area contributed by atoms with Gasteiger partial charge in [-0.25, -0.2) is 8.42 Å². The molecular formula is C16H11NO8S. The number of hydrogen-bond donors (Lipinski definition) is 4. The lowest BCUT2D eigenvalue weighted by molar-refractivity contribution is -0.135. The first-order valence-electron chi connectivity index (χ1n) is 7.14. The maximum atomic E-state index is 12.6. The van der Waals surface area contributed by atoms with E-state index in [1.54, 1.807) is 4.72 Å². The number of carboxylic acids is 1. The zero-order valence-corrected chi connectivity index (χ0v) is 13.7. The highest BCUT2D eigenvalue weighted by molar-refractivity contribution is 7.89. The number of rotatable bonds is 4. The monoisotopic (exact) mass is 377 g/mol. The fourth-order valence-corrected chi connectivity index (χ4v) is 3.73. The largest absolute Gasteiger partial charge is 0.504 e. The zero-order chi connectivity index (χ0) is 19.2. The topological polar surface area (TPSA) is 158 Å². The van der Waals surface area contributed by atoms with Crippen molar-refractivity contribution in [3.8, 4) is 11.5 Å². The third-order valence-corrected chi connectivity index (χ3v) is 5.24. The molecule has 4 N–H and O–H groups in total. The van der Waals surface area contributed by atoms with Gasteiger partial charge in [-0.05, 0) is 6.07 Å². The van der Waals surface area contributed by atoms with Crippen LogP contribution in [0.1, 0.15) is 31.8 Å². The average molecular weight is 377 g/mol. The Bertz CT molecular complexity index is 1090. The number of carboxylic acid groups (broad SMARTS) is 1. The molecule has 0 saturated heterocycles. The first kappa shape index (κ1) is 17.6. The lowest BCUT2D eigenvalue weighted by Crippen LogP contribution is -2.30. The van der Waals surface area contributed by atoms with Crippen molar-refractivity contribution in [3.05, 3.63) is 52.6 Å². The number of aromatic hydroxyl groups is 2. The van der Waals surface area contributed by atoms with E-state index in [1.807, 2.05) is 0 Å². The second kappa shape index (κ2) is 5.93. The van der Waals surface area contributed by atoms with E-state index < -0.39 is 61.6 Å². The lowest BCUT2D eigenvalue weighted by atomic mass is 9.83. The van der Waals surface area contributed by atoms with Crippen molar-refractivity contribution < 1.29 is 38.1 Å². The van der Waals surface area contributed by atoms with Crippen molar-refractivity contribution in [2.45, 2.75) is 4.90 Å². The van der Waals surface area contributed by atoms with Crippen LogP contribution in [0.15, 0.2) is 35.2 Å². The van der Waals surface area contributed by atoms with E-state index in [2.05, 4.69) is 0 Å². The highest BCUT2D eigenvalue weighted by Gasteiger charge is 2.36. The van der Waals surface area contributed by atoms with Crippen molar-refractivity contribution in [1.29, 1.82) is 0 Å². The molecular weight excluding hydrogens is 366 g/mol. The van der Waals surface area contributed by atoms with Gasteiger partial charge in [-0.1, -0.05) is 24.3 Å². The Morgan fingerprint density at radius 1 is 0.962 bits per heavy atom. The Balaban J connectivity index is 2.23. The van der Waals surface area contributed by atoms with Crippen LogP contribution < -0.4 is 4.72 Å². The van der Waals surface area contributed by atoms with Crippen molar-refractivity contribution in [3.63, 3.8) is 0 Å². The first-order chi connectivity index (χ1) is 12.1. The third kappa shape index (κ3) is 2.61. The van der Waals surface area contributed by atoms with E-state index in [0.717, 1.165) is 6.07 Å². The van der Waals surface area contributed by atoms with Crippen molar-refractivity contribution in [1.82, 2.24) is 4.72 Å². The van der Waals surface area contributed by atoms with Crippen molar-refractivity contribution in [2.24, 2.45) is 0 Å². The molecule has 0 fully saturated rings. The van der Waals surface area contributed by atoms with Crippen molar-refractivity contribution >= 4 is 27.6 Å². The van der Waals surface area contributed by atoms with Crippen LogP contribution in [-0.4, -0.2) is 47.8 Å². The van der Waals surface area contributed by atoms with Crippen LogP contribution in [0.2, 0.25) is 0 Å². The Morgan fingerprint density at radius 2 is 1.54 bits per heavy atom. The first-order valence-corrected chi connectivity index (χ1v) is 8.62. The van der Waals surface area contributed by atoms with E-state index in [0.29, 0.717) is 0 Å². The predicted octanol–water partition coefficient (Wildman–Crippen LogP) is 0.236. The molecule has 1 aliphatic carbocycles. The fourth-order valence-electron chi connectivity index (χ4n) is 2.64. The number of sulfonamides is 1. The molecule has 0 amide bonds. The van der Waals surface area contributed by atoms with Gasteiger partial charge in [-0.3, -0.25) is 14.4 Å². The summed E-state index contributed by atoms with van der Waals surface area (Å²) >= 11 is 0. The molecule has 0 radical (unpaired) electrons. The number of fused-ring (bicyclic) bond motifs is 2. The summed E-state index contributed by atoms with van der Waals surface area (Å²) in [5, 5.41) is 28.8. The van der Waals surface area contributed by atoms with Crippen LogP contribution in [0.25, 0.3) is 0 Å². The Morgan fingerprint density at radius 3 is 2.12 bits per heavy atom. The zero-order valence-electron chi connectivity index (χ0n) is 12.9. The molecule has 0 saturated carbocycles. The van der Waals surface area contributed by atoms with E-state index in [-0.39, 0.29) is 11.1 Å². The number of hydrogen-bond acceptors (Lipinski definition) is 7. The summed E-state index contributed by atoms with van der Waals surface area (Å²) in [6.45, 7) is -0.977.